The van der Waals surface area contributed by atoms with Crippen molar-refractivity contribution in [2.45, 2.75) is 65.5 Å². The summed E-state index contributed by atoms with van der Waals surface area (Å²) < 4.78 is 5.65. The number of carboxylic acids is 1. The van der Waals surface area contributed by atoms with E-state index in [4.69, 9.17) is 4.74 Å². The van der Waals surface area contributed by atoms with E-state index in [-0.39, 0.29) is 30.3 Å². The van der Waals surface area contributed by atoms with Crippen LogP contribution in [0, 0.1) is 11.3 Å². The van der Waals surface area contributed by atoms with Crippen LogP contribution in [0.2, 0.25) is 0 Å². The average Bonchev–Trinajstić information content (AvgIpc) is 3.08. The fraction of sp³-hybridized carbons (Fsp3) is 0.464. The fourth-order valence-corrected chi connectivity index (χ4v) is 4.69. The molecule has 1 unspecified atom stereocenters. The minimum atomic E-state index is -1.08. The summed E-state index contributed by atoms with van der Waals surface area (Å²) in [4.78, 5) is 36.8. The fourth-order valence-electron chi connectivity index (χ4n) is 4.69. The van der Waals surface area contributed by atoms with Crippen LogP contribution in [0.1, 0.15) is 64.5 Å². The number of aliphatic carboxylic acids is 1. The van der Waals surface area contributed by atoms with Gasteiger partial charge in [0.25, 0.3) is 0 Å². The third-order valence-corrected chi connectivity index (χ3v) is 6.21. The van der Waals surface area contributed by atoms with Crippen LogP contribution in [0.3, 0.4) is 0 Å². The molecular formula is C28H36N2O5. The predicted molar refractivity (Wildman–Crippen MR) is 135 cm³/mol. The van der Waals surface area contributed by atoms with E-state index in [1.54, 1.807) is 13.8 Å². The summed E-state index contributed by atoms with van der Waals surface area (Å²) in [6.45, 7) is 9.71. The summed E-state index contributed by atoms with van der Waals surface area (Å²) in [7, 11) is 0. The Kier molecular flexibility index (Phi) is 8.20. The van der Waals surface area contributed by atoms with Crippen LogP contribution >= 0.6 is 0 Å². The third-order valence-electron chi connectivity index (χ3n) is 6.21. The number of amides is 2. The Hall–Kier alpha value is -3.35. The van der Waals surface area contributed by atoms with Crippen molar-refractivity contribution < 1.29 is 24.2 Å². The van der Waals surface area contributed by atoms with E-state index in [9.17, 15) is 19.5 Å². The second-order valence-corrected chi connectivity index (χ2v) is 10.8. The van der Waals surface area contributed by atoms with Gasteiger partial charge in [0.15, 0.2) is 0 Å². The molecule has 3 rings (SSSR count). The lowest BCUT2D eigenvalue weighted by atomic mass is 9.87. The normalized spacial score (nSPS) is 14.6. The average molecular weight is 481 g/mol. The van der Waals surface area contributed by atoms with Crippen molar-refractivity contribution in [2.75, 3.05) is 6.61 Å². The minimum Gasteiger partial charge on any atom is -0.480 e. The summed E-state index contributed by atoms with van der Waals surface area (Å²) in [5.41, 5.74) is 4.39. The summed E-state index contributed by atoms with van der Waals surface area (Å²) in [6.07, 6.45) is -0.0882. The van der Waals surface area contributed by atoms with Crippen molar-refractivity contribution >= 4 is 18.0 Å². The smallest absolute Gasteiger partial charge is 0.407 e. The molecule has 3 N–H and O–H groups in total. The van der Waals surface area contributed by atoms with Crippen molar-refractivity contribution in [3.05, 3.63) is 59.7 Å². The minimum absolute atomic E-state index is 0.0298. The molecule has 0 heterocycles. The van der Waals surface area contributed by atoms with E-state index in [0.717, 1.165) is 22.3 Å². The van der Waals surface area contributed by atoms with Crippen molar-refractivity contribution in [1.29, 1.82) is 0 Å². The number of nitrogens with one attached hydrogen (secondary N) is 2. The van der Waals surface area contributed by atoms with Gasteiger partial charge >= 0.3 is 12.1 Å². The number of carboxylic acid groups (broad SMARTS) is 1. The highest BCUT2D eigenvalue weighted by Gasteiger charge is 2.30. The SMILES string of the molecule is CC(C)[C@H](NC(=O)CC(CC(C)(C)C)NC(=O)OCC1c2ccccc2-c2ccccc21)C(=O)O. The van der Waals surface area contributed by atoms with E-state index < -0.39 is 30.1 Å². The number of ether oxygens (including phenoxy) is 1. The van der Waals surface area contributed by atoms with Gasteiger partial charge in [-0.3, -0.25) is 4.79 Å². The van der Waals surface area contributed by atoms with Crippen LogP contribution in [-0.4, -0.2) is 41.8 Å². The molecular weight excluding hydrogens is 444 g/mol. The molecule has 2 amide bonds. The molecule has 188 valence electrons. The van der Waals surface area contributed by atoms with Crippen LogP contribution in [0.4, 0.5) is 4.79 Å². The molecule has 7 heteroatoms. The number of carbonyl (C=O) groups excluding carboxylic acids is 2. The summed E-state index contributed by atoms with van der Waals surface area (Å²) >= 11 is 0. The molecule has 0 saturated carbocycles. The Labute approximate surface area is 207 Å². The van der Waals surface area contributed by atoms with E-state index in [1.807, 2.05) is 45.0 Å². The van der Waals surface area contributed by atoms with E-state index >= 15 is 0 Å². The first-order valence-corrected chi connectivity index (χ1v) is 12.1. The molecule has 0 aromatic heterocycles. The number of rotatable bonds is 9. The molecule has 2 aromatic carbocycles. The van der Waals surface area contributed by atoms with Crippen LogP contribution in [0.15, 0.2) is 48.5 Å². The quantitative estimate of drug-likeness (QED) is 0.471. The molecule has 0 saturated heterocycles. The highest BCUT2D eigenvalue weighted by atomic mass is 16.5. The Morgan fingerprint density at radius 1 is 0.943 bits per heavy atom. The standard InChI is InChI=1S/C28H36N2O5/c1-17(2)25(26(32)33)30-24(31)14-18(15-28(3,4)5)29-27(34)35-16-23-21-12-8-6-10-19(21)20-11-7-9-13-22(20)23/h6-13,17-18,23,25H,14-16H2,1-5H3,(H,29,34)(H,30,31)(H,32,33)/t18?,25-/m0/s1. The molecule has 0 radical (unpaired) electrons. The van der Waals surface area contributed by atoms with Gasteiger partial charge in [-0.1, -0.05) is 83.1 Å². The van der Waals surface area contributed by atoms with Gasteiger partial charge in [0.1, 0.15) is 12.6 Å². The molecule has 1 aliphatic rings. The third kappa shape index (κ3) is 6.84. The first-order valence-electron chi connectivity index (χ1n) is 12.1. The molecule has 7 nitrogen and oxygen atoms in total. The van der Waals surface area contributed by atoms with Gasteiger partial charge in [-0.05, 0) is 40.0 Å². The van der Waals surface area contributed by atoms with Crippen molar-refractivity contribution in [3.8, 4) is 11.1 Å². The van der Waals surface area contributed by atoms with Gasteiger partial charge in [-0.25, -0.2) is 9.59 Å². The first kappa shape index (κ1) is 26.3. The van der Waals surface area contributed by atoms with Gasteiger partial charge in [-0.2, -0.15) is 0 Å². The number of fused-ring (bicyclic) bond motifs is 3. The lowest BCUT2D eigenvalue weighted by Gasteiger charge is -2.27. The van der Waals surface area contributed by atoms with Crippen LogP contribution in [0.5, 0.6) is 0 Å². The number of alkyl carbamates (subject to hydrolysis) is 1. The van der Waals surface area contributed by atoms with Gasteiger partial charge in [0.2, 0.25) is 5.91 Å². The Bertz CT molecular complexity index is 1030. The summed E-state index contributed by atoms with van der Waals surface area (Å²) in [5, 5.41) is 14.8. The Balaban J connectivity index is 1.65. The van der Waals surface area contributed by atoms with Gasteiger partial charge in [0, 0.05) is 18.4 Å². The van der Waals surface area contributed by atoms with Crippen LogP contribution in [-0.2, 0) is 14.3 Å². The monoisotopic (exact) mass is 480 g/mol. The zero-order valence-corrected chi connectivity index (χ0v) is 21.1. The maximum atomic E-state index is 12.8. The summed E-state index contributed by atoms with van der Waals surface area (Å²) in [5.74, 6) is -1.81. The van der Waals surface area contributed by atoms with E-state index in [0.29, 0.717) is 6.42 Å². The summed E-state index contributed by atoms with van der Waals surface area (Å²) in [6, 6.07) is 14.8. The van der Waals surface area contributed by atoms with Crippen LogP contribution in [0.25, 0.3) is 11.1 Å². The second kappa shape index (κ2) is 10.9. The molecule has 2 aromatic rings. The Morgan fingerprint density at radius 3 is 1.97 bits per heavy atom. The highest BCUT2D eigenvalue weighted by Crippen LogP contribution is 2.44. The molecule has 1 aliphatic carbocycles. The van der Waals surface area contributed by atoms with Crippen molar-refractivity contribution in [1.82, 2.24) is 10.6 Å². The lowest BCUT2D eigenvalue weighted by molar-refractivity contribution is -0.143. The van der Waals surface area contributed by atoms with E-state index in [1.165, 1.54) is 0 Å². The molecule has 0 fully saturated rings. The van der Waals surface area contributed by atoms with Crippen LogP contribution < -0.4 is 10.6 Å². The van der Waals surface area contributed by atoms with Gasteiger partial charge in [-0.15, -0.1) is 0 Å². The zero-order chi connectivity index (χ0) is 25.8. The second-order valence-electron chi connectivity index (χ2n) is 10.8. The maximum Gasteiger partial charge on any atom is 0.407 e. The van der Waals surface area contributed by atoms with E-state index in [2.05, 4.69) is 34.9 Å². The highest BCUT2D eigenvalue weighted by molar-refractivity contribution is 5.84. The number of carbonyl (C=O) groups is 3. The number of benzene rings is 2. The topological polar surface area (TPSA) is 105 Å². The lowest BCUT2D eigenvalue weighted by Crippen LogP contribution is -2.47. The number of hydrogen-bond acceptors (Lipinski definition) is 4. The van der Waals surface area contributed by atoms with Crippen molar-refractivity contribution in [2.24, 2.45) is 11.3 Å². The largest absolute Gasteiger partial charge is 0.480 e. The maximum absolute atomic E-state index is 12.8. The molecule has 2 atom stereocenters. The predicted octanol–water partition coefficient (Wildman–Crippen LogP) is 4.95. The Morgan fingerprint density at radius 2 is 1.49 bits per heavy atom. The molecule has 35 heavy (non-hydrogen) atoms. The van der Waals surface area contributed by atoms with Gasteiger partial charge < -0.3 is 20.5 Å². The molecule has 0 spiro atoms. The molecule has 0 bridgehead atoms. The zero-order valence-electron chi connectivity index (χ0n) is 21.1. The number of hydrogen-bond donors (Lipinski definition) is 3. The first-order chi connectivity index (χ1) is 16.5. The van der Waals surface area contributed by atoms with Crippen molar-refractivity contribution in [3.63, 3.8) is 0 Å². The molecule has 0 aliphatic heterocycles. The van der Waals surface area contributed by atoms with Gasteiger partial charge in [0.05, 0.1) is 0 Å².